The van der Waals surface area contributed by atoms with Gasteiger partial charge in [0.25, 0.3) is 0 Å². The minimum Gasteiger partial charge on any atom is -0.355 e. The predicted molar refractivity (Wildman–Crippen MR) is 83.0 cm³/mol. The van der Waals surface area contributed by atoms with Crippen molar-refractivity contribution < 1.29 is 4.79 Å². The summed E-state index contributed by atoms with van der Waals surface area (Å²) in [5.41, 5.74) is 1.11. The third kappa shape index (κ3) is 5.51. The molecule has 2 rings (SSSR count). The first-order chi connectivity index (χ1) is 9.74. The summed E-state index contributed by atoms with van der Waals surface area (Å²) in [7, 11) is 0. The Balaban J connectivity index is 1.67. The third-order valence-electron chi connectivity index (χ3n) is 3.74. The van der Waals surface area contributed by atoms with Crippen molar-refractivity contribution in [3.63, 3.8) is 0 Å². The Morgan fingerprint density at radius 2 is 2.25 bits per heavy atom. The summed E-state index contributed by atoms with van der Waals surface area (Å²) < 4.78 is 0. The number of nitrogens with one attached hydrogen (secondary N) is 2. The first-order valence-electron chi connectivity index (χ1n) is 7.48. The summed E-state index contributed by atoms with van der Waals surface area (Å²) in [6.07, 6.45) is 6.23. The summed E-state index contributed by atoms with van der Waals surface area (Å²) in [6, 6.07) is 8.13. The predicted octanol–water partition coefficient (Wildman–Crippen LogP) is 2.92. The van der Waals surface area contributed by atoms with Gasteiger partial charge in [-0.25, -0.2) is 0 Å². The maximum Gasteiger partial charge on any atom is 0.220 e. The first-order valence-corrected chi connectivity index (χ1v) is 7.86. The highest BCUT2D eigenvalue weighted by Crippen LogP contribution is 2.12. The van der Waals surface area contributed by atoms with Crippen LogP contribution >= 0.6 is 11.6 Å². The van der Waals surface area contributed by atoms with E-state index in [0.717, 1.165) is 36.5 Å². The molecule has 0 radical (unpaired) electrons. The van der Waals surface area contributed by atoms with Crippen LogP contribution in [0.15, 0.2) is 24.3 Å². The van der Waals surface area contributed by atoms with Crippen LogP contribution in [-0.4, -0.2) is 25.0 Å². The molecule has 1 aliphatic heterocycles. The van der Waals surface area contributed by atoms with E-state index >= 15 is 0 Å². The number of carbonyl (C=O) groups is 1. The van der Waals surface area contributed by atoms with Crippen molar-refractivity contribution in [1.82, 2.24) is 10.6 Å². The van der Waals surface area contributed by atoms with Crippen LogP contribution in [0.4, 0.5) is 0 Å². The van der Waals surface area contributed by atoms with Gasteiger partial charge in [-0.15, -0.1) is 0 Å². The monoisotopic (exact) mass is 294 g/mol. The van der Waals surface area contributed by atoms with Crippen LogP contribution in [0.3, 0.4) is 0 Å². The van der Waals surface area contributed by atoms with Crippen molar-refractivity contribution in [1.29, 1.82) is 0 Å². The highest BCUT2D eigenvalue weighted by Gasteiger charge is 2.12. The molecule has 0 spiro atoms. The number of aryl methyl sites for hydroxylation is 1. The molecular weight excluding hydrogens is 272 g/mol. The van der Waals surface area contributed by atoms with Crippen LogP contribution in [0, 0.1) is 0 Å². The molecular formula is C16H23ClN2O. The van der Waals surface area contributed by atoms with E-state index in [1.165, 1.54) is 19.3 Å². The lowest BCUT2D eigenvalue weighted by Gasteiger charge is -2.16. The van der Waals surface area contributed by atoms with Gasteiger partial charge >= 0.3 is 0 Å². The van der Waals surface area contributed by atoms with Crippen LogP contribution in [0.2, 0.25) is 5.02 Å². The van der Waals surface area contributed by atoms with Gasteiger partial charge in [0, 0.05) is 24.0 Å². The van der Waals surface area contributed by atoms with Crippen molar-refractivity contribution in [2.75, 3.05) is 13.1 Å². The standard InChI is InChI=1S/C16H23ClN2O/c17-14-6-4-5-13(11-14)8-9-16(20)19-12-15-7-2-1-3-10-18-15/h4-6,11,15,18H,1-3,7-10,12H2,(H,19,20)/t15-/m1/s1. The molecule has 0 bridgehead atoms. The summed E-state index contributed by atoms with van der Waals surface area (Å²) in [4.78, 5) is 11.9. The van der Waals surface area contributed by atoms with Gasteiger partial charge in [-0.1, -0.05) is 36.6 Å². The fraction of sp³-hybridized carbons (Fsp3) is 0.562. The van der Waals surface area contributed by atoms with E-state index in [-0.39, 0.29) is 5.91 Å². The first kappa shape index (κ1) is 15.3. The zero-order valence-corrected chi connectivity index (χ0v) is 12.6. The van der Waals surface area contributed by atoms with Crippen molar-refractivity contribution in [2.45, 2.75) is 44.6 Å². The number of rotatable bonds is 5. The van der Waals surface area contributed by atoms with E-state index in [4.69, 9.17) is 11.6 Å². The largest absolute Gasteiger partial charge is 0.355 e. The third-order valence-corrected chi connectivity index (χ3v) is 3.97. The normalized spacial score (nSPS) is 19.4. The Bertz CT molecular complexity index is 428. The molecule has 1 amide bonds. The van der Waals surface area contributed by atoms with Gasteiger partial charge in [-0.2, -0.15) is 0 Å². The van der Waals surface area contributed by atoms with E-state index in [1.54, 1.807) is 0 Å². The molecule has 1 fully saturated rings. The quantitative estimate of drug-likeness (QED) is 0.877. The zero-order valence-electron chi connectivity index (χ0n) is 11.8. The summed E-state index contributed by atoms with van der Waals surface area (Å²) in [6.45, 7) is 1.82. The molecule has 1 aliphatic rings. The fourth-order valence-corrected chi connectivity index (χ4v) is 2.76. The molecule has 0 saturated carbocycles. The highest BCUT2D eigenvalue weighted by molar-refractivity contribution is 6.30. The number of carbonyl (C=O) groups excluding carboxylic acids is 1. The maximum absolute atomic E-state index is 11.9. The molecule has 1 heterocycles. The van der Waals surface area contributed by atoms with Crippen molar-refractivity contribution in [2.24, 2.45) is 0 Å². The minimum absolute atomic E-state index is 0.121. The molecule has 20 heavy (non-hydrogen) atoms. The van der Waals surface area contributed by atoms with Crippen LogP contribution < -0.4 is 10.6 Å². The van der Waals surface area contributed by atoms with Gasteiger partial charge in [0.1, 0.15) is 0 Å². The van der Waals surface area contributed by atoms with E-state index in [9.17, 15) is 4.79 Å². The summed E-state index contributed by atoms with van der Waals surface area (Å²) >= 11 is 5.93. The Kier molecular flexibility index (Phi) is 6.34. The average molecular weight is 295 g/mol. The minimum atomic E-state index is 0.121. The van der Waals surface area contributed by atoms with Crippen LogP contribution in [-0.2, 0) is 11.2 Å². The van der Waals surface area contributed by atoms with E-state index in [2.05, 4.69) is 10.6 Å². The smallest absolute Gasteiger partial charge is 0.220 e. The maximum atomic E-state index is 11.9. The van der Waals surface area contributed by atoms with Crippen molar-refractivity contribution >= 4 is 17.5 Å². The molecule has 1 aromatic carbocycles. The highest BCUT2D eigenvalue weighted by atomic mass is 35.5. The Morgan fingerprint density at radius 3 is 3.10 bits per heavy atom. The van der Waals surface area contributed by atoms with Gasteiger partial charge in [-0.3, -0.25) is 4.79 Å². The summed E-state index contributed by atoms with van der Waals surface area (Å²) in [5, 5.41) is 7.24. The lowest BCUT2D eigenvalue weighted by molar-refractivity contribution is -0.121. The van der Waals surface area contributed by atoms with E-state index < -0.39 is 0 Å². The van der Waals surface area contributed by atoms with Gasteiger partial charge in [-0.05, 0) is 43.5 Å². The van der Waals surface area contributed by atoms with Gasteiger partial charge in [0.2, 0.25) is 5.91 Å². The molecule has 2 N–H and O–H groups in total. The van der Waals surface area contributed by atoms with Crippen LogP contribution in [0.25, 0.3) is 0 Å². The van der Waals surface area contributed by atoms with E-state index in [1.807, 2.05) is 24.3 Å². The second-order valence-corrected chi connectivity index (χ2v) is 5.87. The molecule has 0 aliphatic carbocycles. The number of halogens is 1. The Hall–Kier alpha value is -1.06. The number of benzene rings is 1. The lowest BCUT2D eigenvalue weighted by Crippen LogP contribution is -2.40. The zero-order chi connectivity index (χ0) is 14.2. The summed E-state index contributed by atoms with van der Waals surface area (Å²) in [5.74, 6) is 0.121. The molecule has 3 nitrogen and oxygen atoms in total. The molecule has 1 saturated heterocycles. The average Bonchev–Trinajstić information content (AvgIpc) is 2.71. The SMILES string of the molecule is O=C(CCc1cccc(Cl)c1)NC[C@H]1CCCCCN1. The second-order valence-electron chi connectivity index (χ2n) is 5.43. The molecule has 1 aromatic rings. The number of amides is 1. The Morgan fingerprint density at radius 1 is 1.35 bits per heavy atom. The number of hydrogen-bond acceptors (Lipinski definition) is 2. The van der Waals surface area contributed by atoms with Gasteiger partial charge in [0.05, 0.1) is 0 Å². The fourth-order valence-electron chi connectivity index (χ4n) is 2.55. The molecule has 110 valence electrons. The molecule has 0 aromatic heterocycles. The van der Waals surface area contributed by atoms with Crippen molar-refractivity contribution in [3.05, 3.63) is 34.9 Å². The molecule has 1 atom stereocenters. The lowest BCUT2D eigenvalue weighted by atomic mass is 10.1. The van der Waals surface area contributed by atoms with Gasteiger partial charge < -0.3 is 10.6 Å². The second kappa shape index (κ2) is 8.28. The van der Waals surface area contributed by atoms with E-state index in [0.29, 0.717) is 12.5 Å². The molecule has 4 heteroatoms. The van der Waals surface area contributed by atoms with Gasteiger partial charge in [0.15, 0.2) is 0 Å². The Labute approximate surface area is 126 Å². The van der Waals surface area contributed by atoms with Crippen molar-refractivity contribution in [3.8, 4) is 0 Å². The number of hydrogen-bond donors (Lipinski definition) is 2. The van der Waals surface area contributed by atoms with Crippen LogP contribution in [0.5, 0.6) is 0 Å². The van der Waals surface area contributed by atoms with Crippen LogP contribution in [0.1, 0.15) is 37.7 Å². The topological polar surface area (TPSA) is 41.1 Å². The molecule has 0 unspecified atom stereocenters.